The summed E-state index contributed by atoms with van der Waals surface area (Å²) in [6.45, 7) is 12.0. The van der Waals surface area contributed by atoms with Crippen LogP contribution >= 0.6 is 0 Å². The number of amides is 2. The summed E-state index contributed by atoms with van der Waals surface area (Å²) in [5.41, 5.74) is 2.49. The van der Waals surface area contributed by atoms with Gasteiger partial charge < -0.3 is 19.9 Å². The summed E-state index contributed by atoms with van der Waals surface area (Å²) in [5, 5.41) is 3.04. The van der Waals surface area contributed by atoms with Crippen molar-refractivity contribution >= 4 is 11.7 Å². The lowest BCUT2D eigenvalue weighted by atomic mass is 10.2. The first-order valence-corrected chi connectivity index (χ1v) is 8.50. The van der Waals surface area contributed by atoms with Crippen molar-refractivity contribution in [2.24, 2.45) is 0 Å². The molecule has 1 saturated heterocycles. The second kappa shape index (κ2) is 8.20. The SMILES string of the molecule is CCN(CCNC(=O)N1CC(C)OC(C)C1)c1ccccc1C. The lowest BCUT2D eigenvalue weighted by Crippen LogP contribution is -2.52. The molecule has 1 fully saturated rings. The van der Waals surface area contributed by atoms with Crippen molar-refractivity contribution in [2.75, 3.05) is 37.6 Å². The van der Waals surface area contributed by atoms with E-state index in [0.717, 1.165) is 13.1 Å². The highest BCUT2D eigenvalue weighted by Gasteiger charge is 2.25. The van der Waals surface area contributed by atoms with E-state index in [2.05, 4.69) is 48.3 Å². The third-order valence-corrected chi connectivity index (χ3v) is 4.20. The number of anilines is 1. The number of carbonyl (C=O) groups is 1. The van der Waals surface area contributed by atoms with Gasteiger partial charge in [-0.3, -0.25) is 0 Å². The molecule has 5 nitrogen and oxygen atoms in total. The number of hydrogen-bond acceptors (Lipinski definition) is 3. The van der Waals surface area contributed by atoms with Crippen LogP contribution in [0.1, 0.15) is 26.3 Å². The van der Waals surface area contributed by atoms with E-state index in [0.29, 0.717) is 19.6 Å². The van der Waals surface area contributed by atoms with Crippen molar-refractivity contribution in [3.8, 4) is 0 Å². The number of aryl methyl sites for hydroxylation is 1. The predicted octanol–water partition coefficient (Wildman–Crippen LogP) is 2.64. The maximum atomic E-state index is 12.3. The molecule has 2 unspecified atom stereocenters. The number of ether oxygens (including phenoxy) is 1. The molecule has 1 aromatic rings. The minimum atomic E-state index is 0.00726. The average Bonchev–Trinajstić information content (AvgIpc) is 2.51. The van der Waals surface area contributed by atoms with Crippen LogP contribution in [0, 0.1) is 6.92 Å². The molecular weight excluding hydrogens is 290 g/mol. The summed E-state index contributed by atoms with van der Waals surface area (Å²) in [6.07, 6.45) is 0.201. The van der Waals surface area contributed by atoms with E-state index in [4.69, 9.17) is 4.74 Å². The molecule has 1 aliphatic heterocycles. The number of para-hydroxylation sites is 1. The van der Waals surface area contributed by atoms with E-state index in [1.165, 1.54) is 11.3 Å². The largest absolute Gasteiger partial charge is 0.372 e. The molecule has 5 heteroatoms. The second-order valence-corrected chi connectivity index (χ2v) is 6.26. The zero-order valence-electron chi connectivity index (χ0n) is 14.7. The van der Waals surface area contributed by atoms with Crippen molar-refractivity contribution < 1.29 is 9.53 Å². The molecule has 1 aromatic carbocycles. The molecule has 0 spiro atoms. The maximum Gasteiger partial charge on any atom is 0.317 e. The lowest BCUT2D eigenvalue weighted by Gasteiger charge is -2.35. The van der Waals surface area contributed by atoms with Gasteiger partial charge in [-0.1, -0.05) is 18.2 Å². The van der Waals surface area contributed by atoms with E-state index >= 15 is 0 Å². The van der Waals surface area contributed by atoms with Crippen LogP contribution in [0.2, 0.25) is 0 Å². The van der Waals surface area contributed by atoms with Crippen molar-refractivity contribution in [3.05, 3.63) is 29.8 Å². The Bertz CT molecular complexity index is 511. The Morgan fingerprint density at radius 3 is 2.57 bits per heavy atom. The number of rotatable bonds is 5. The van der Waals surface area contributed by atoms with E-state index in [1.807, 2.05) is 18.7 Å². The Morgan fingerprint density at radius 1 is 1.30 bits per heavy atom. The van der Waals surface area contributed by atoms with Gasteiger partial charge in [0, 0.05) is 38.4 Å². The first kappa shape index (κ1) is 17.6. The van der Waals surface area contributed by atoms with E-state index < -0.39 is 0 Å². The summed E-state index contributed by atoms with van der Waals surface area (Å²) >= 11 is 0. The Balaban J connectivity index is 1.83. The van der Waals surface area contributed by atoms with Gasteiger partial charge >= 0.3 is 6.03 Å². The van der Waals surface area contributed by atoms with Crippen LogP contribution in [-0.2, 0) is 4.74 Å². The first-order chi connectivity index (χ1) is 11.0. The zero-order valence-corrected chi connectivity index (χ0v) is 14.7. The molecule has 2 amide bonds. The highest BCUT2D eigenvalue weighted by molar-refractivity contribution is 5.74. The monoisotopic (exact) mass is 319 g/mol. The molecule has 0 aliphatic carbocycles. The van der Waals surface area contributed by atoms with Crippen LogP contribution in [0.3, 0.4) is 0 Å². The van der Waals surface area contributed by atoms with Gasteiger partial charge in [0.15, 0.2) is 0 Å². The van der Waals surface area contributed by atoms with Crippen LogP contribution < -0.4 is 10.2 Å². The van der Waals surface area contributed by atoms with Gasteiger partial charge in [0.1, 0.15) is 0 Å². The van der Waals surface area contributed by atoms with Gasteiger partial charge in [-0.15, -0.1) is 0 Å². The smallest absolute Gasteiger partial charge is 0.317 e. The summed E-state index contributed by atoms with van der Waals surface area (Å²) < 4.78 is 5.67. The van der Waals surface area contributed by atoms with E-state index in [9.17, 15) is 4.79 Å². The minimum absolute atomic E-state index is 0.00726. The Labute approximate surface area is 139 Å². The standard InChI is InChI=1S/C18H29N3O2/c1-5-20(17-9-7-6-8-14(17)2)11-10-19-18(22)21-12-15(3)23-16(4)13-21/h6-9,15-16H,5,10-13H2,1-4H3,(H,19,22). The number of nitrogens with zero attached hydrogens (tertiary/aromatic N) is 2. The molecular formula is C18H29N3O2. The number of morpholine rings is 1. The molecule has 1 N–H and O–H groups in total. The molecule has 0 radical (unpaired) electrons. The molecule has 2 rings (SSSR count). The van der Waals surface area contributed by atoms with Gasteiger partial charge in [-0.05, 0) is 39.3 Å². The number of urea groups is 1. The highest BCUT2D eigenvalue weighted by Crippen LogP contribution is 2.18. The number of carbonyl (C=O) groups excluding carboxylic acids is 1. The van der Waals surface area contributed by atoms with Gasteiger partial charge in [0.25, 0.3) is 0 Å². The molecule has 1 heterocycles. The number of benzene rings is 1. The molecule has 1 aliphatic rings. The van der Waals surface area contributed by atoms with E-state index in [-0.39, 0.29) is 18.2 Å². The second-order valence-electron chi connectivity index (χ2n) is 6.26. The van der Waals surface area contributed by atoms with Gasteiger partial charge in [0.2, 0.25) is 0 Å². The van der Waals surface area contributed by atoms with Crippen LogP contribution in [0.5, 0.6) is 0 Å². The van der Waals surface area contributed by atoms with Crippen LogP contribution in [0.15, 0.2) is 24.3 Å². The Morgan fingerprint density at radius 2 is 1.96 bits per heavy atom. The molecule has 0 saturated carbocycles. The average molecular weight is 319 g/mol. The first-order valence-electron chi connectivity index (χ1n) is 8.50. The minimum Gasteiger partial charge on any atom is -0.372 e. The quantitative estimate of drug-likeness (QED) is 0.907. The zero-order chi connectivity index (χ0) is 16.8. The van der Waals surface area contributed by atoms with Crippen LogP contribution in [0.4, 0.5) is 10.5 Å². The third-order valence-electron chi connectivity index (χ3n) is 4.20. The van der Waals surface area contributed by atoms with Crippen LogP contribution in [-0.4, -0.2) is 55.9 Å². The van der Waals surface area contributed by atoms with Crippen molar-refractivity contribution in [1.29, 1.82) is 0 Å². The highest BCUT2D eigenvalue weighted by atomic mass is 16.5. The van der Waals surface area contributed by atoms with Crippen molar-refractivity contribution in [1.82, 2.24) is 10.2 Å². The topological polar surface area (TPSA) is 44.8 Å². The molecule has 0 bridgehead atoms. The van der Waals surface area contributed by atoms with Gasteiger partial charge in [-0.2, -0.15) is 0 Å². The molecule has 2 atom stereocenters. The third kappa shape index (κ3) is 4.86. The number of nitrogens with one attached hydrogen (secondary N) is 1. The normalized spacial score (nSPS) is 21.1. The Hall–Kier alpha value is -1.75. The summed E-state index contributed by atoms with van der Waals surface area (Å²) in [7, 11) is 0. The van der Waals surface area contributed by atoms with Gasteiger partial charge in [-0.25, -0.2) is 4.79 Å². The fourth-order valence-corrected chi connectivity index (χ4v) is 3.12. The number of hydrogen-bond donors (Lipinski definition) is 1. The fraction of sp³-hybridized carbons (Fsp3) is 0.611. The predicted molar refractivity (Wildman–Crippen MR) is 94.0 cm³/mol. The molecule has 128 valence electrons. The van der Waals surface area contributed by atoms with E-state index in [1.54, 1.807) is 0 Å². The summed E-state index contributed by atoms with van der Waals surface area (Å²) in [4.78, 5) is 16.4. The van der Waals surface area contributed by atoms with Gasteiger partial charge in [0.05, 0.1) is 12.2 Å². The Kier molecular flexibility index (Phi) is 6.28. The van der Waals surface area contributed by atoms with Crippen molar-refractivity contribution in [2.45, 2.75) is 39.9 Å². The maximum absolute atomic E-state index is 12.3. The molecule has 23 heavy (non-hydrogen) atoms. The fourth-order valence-electron chi connectivity index (χ4n) is 3.12. The van der Waals surface area contributed by atoms with Crippen LogP contribution in [0.25, 0.3) is 0 Å². The summed E-state index contributed by atoms with van der Waals surface area (Å²) in [6, 6.07) is 8.36. The molecule has 0 aromatic heterocycles. The van der Waals surface area contributed by atoms with Crippen molar-refractivity contribution in [3.63, 3.8) is 0 Å². The number of likely N-dealkylation sites (N-methyl/N-ethyl adjacent to an activating group) is 1. The summed E-state index contributed by atoms with van der Waals surface area (Å²) in [5.74, 6) is 0. The lowest BCUT2D eigenvalue weighted by molar-refractivity contribution is -0.0544.